The monoisotopic (exact) mass is 262 g/mol. The average Bonchev–Trinajstić information content (AvgIpc) is 2.31. The predicted molar refractivity (Wildman–Crippen MR) is 52.4 cm³/mol. The summed E-state index contributed by atoms with van der Waals surface area (Å²) in [5.74, 6) is 0. The van der Waals surface area contributed by atoms with Crippen molar-refractivity contribution < 1.29 is 0 Å². The number of hydrogen-bond donors (Lipinski definition) is 0. The molecule has 1 aliphatic rings. The first kappa shape index (κ1) is 7.58. The minimum absolute atomic E-state index is 0.420. The Morgan fingerprint density at radius 2 is 2.36 bits per heavy atom. The number of rotatable bonds is 0. The number of fused-ring (bicyclic) bond motifs is 1. The molecule has 0 fully saturated rings. The molecule has 0 aromatic carbocycles. The maximum Gasteiger partial charge on any atom is 0.0626 e. The van der Waals surface area contributed by atoms with E-state index in [0.29, 0.717) is 5.41 Å². The molecule has 0 spiro atoms. The highest BCUT2D eigenvalue weighted by Gasteiger charge is 2.30. The van der Waals surface area contributed by atoms with Crippen molar-refractivity contribution in [3.8, 4) is 0 Å². The van der Waals surface area contributed by atoms with Gasteiger partial charge < -0.3 is 0 Å². The van der Waals surface area contributed by atoms with E-state index in [1.165, 1.54) is 15.7 Å². The van der Waals surface area contributed by atoms with Gasteiger partial charge in [-0.15, -0.1) is 0 Å². The molecule has 60 valence electrons. The topological polar surface area (TPSA) is 17.8 Å². The van der Waals surface area contributed by atoms with E-state index in [-0.39, 0.29) is 0 Å². The highest BCUT2D eigenvalue weighted by molar-refractivity contribution is 14.1. The second-order valence-electron chi connectivity index (χ2n) is 3.94. The van der Waals surface area contributed by atoms with Crippen LogP contribution in [-0.2, 0) is 13.0 Å². The molecule has 0 radical (unpaired) electrons. The van der Waals surface area contributed by atoms with Crippen LogP contribution in [0.25, 0.3) is 0 Å². The molecule has 0 saturated carbocycles. The second-order valence-corrected chi connectivity index (χ2v) is 5.10. The zero-order valence-corrected chi connectivity index (χ0v) is 8.92. The van der Waals surface area contributed by atoms with Crippen LogP contribution in [0.15, 0.2) is 6.20 Å². The van der Waals surface area contributed by atoms with Gasteiger partial charge in [0.25, 0.3) is 0 Å². The zero-order valence-electron chi connectivity index (χ0n) is 6.76. The van der Waals surface area contributed by atoms with E-state index >= 15 is 0 Å². The minimum Gasteiger partial charge on any atom is -0.268 e. The normalized spacial score (nSPS) is 20.3. The predicted octanol–water partition coefficient (Wildman–Crippen LogP) is 2.07. The van der Waals surface area contributed by atoms with Crippen LogP contribution < -0.4 is 0 Å². The Bertz CT molecular complexity index is 288. The third-order valence-corrected chi connectivity index (χ3v) is 3.02. The van der Waals surface area contributed by atoms with Crippen molar-refractivity contribution in [3.05, 3.63) is 15.5 Å². The van der Waals surface area contributed by atoms with Crippen molar-refractivity contribution in [2.45, 2.75) is 26.8 Å². The Hall–Kier alpha value is -0.0600. The van der Waals surface area contributed by atoms with Gasteiger partial charge in [0.2, 0.25) is 0 Å². The Morgan fingerprint density at radius 1 is 1.64 bits per heavy atom. The SMILES string of the molecule is CC1(C)Cc2c(I)cnn2C1. The summed E-state index contributed by atoms with van der Waals surface area (Å²) >= 11 is 2.35. The Kier molecular flexibility index (Phi) is 1.53. The number of aromatic nitrogens is 2. The molecule has 0 bridgehead atoms. The third kappa shape index (κ3) is 1.19. The third-order valence-electron chi connectivity index (χ3n) is 2.12. The molecule has 1 aromatic heterocycles. The summed E-state index contributed by atoms with van der Waals surface area (Å²) in [5, 5.41) is 4.30. The van der Waals surface area contributed by atoms with Crippen LogP contribution in [0, 0.1) is 8.99 Å². The van der Waals surface area contributed by atoms with E-state index in [1.807, 2.05) is 6.20 Å². The summed E-state index contributed by atoms with van der Waals surface area (Å²) in [7, 11) is 0. The lowest BCUT2D eigenvalue weighted by Crippen LogP contribution is -2.12. The fourth-order valence-electron chi connectivity index (χ4n) is 1.61. The largest absolute Gasteiger partial charge is 0.268 e. The van der Waals surface area contributed by atoms with Gasteiger partial charge in [0.1, 0.15) is 0 Å². The minimum atomic E-state index is 0.420. The summed E-state index contributed by atoms with van der Waals surface area (Å²) in [6.45, 7) is 5.65. The Labute approximate surface area is 80.1 Å². The van der Waals surface area contributed by atoms with E-state index in [0.717, 1.165) is 6.54 Å². The molecule has 11 heavy (non-hydrogen) atoms. The molecule has 2 nitrogen and oxygen atoms in total. The van der Waals surface area contributed by atoms with Crippen molar-refractivity contribution in [2.24, 2.45) is 5.41 Å². The van der Waals surface area contributed by atoms with Crippen molar-refractivity contribution >= 4 is 22.6 Å². The molecular weight excluding hydrogens is 251 g/mol. The lowest BCUT2D eigenvalue weighted by molar-refractivity contribution is 0.346. The molecule has 1 aliphatic heterocycles. The Balaban J connectivity index is 2.42. The summed E-state index contributed by atoms with van der Waals surface area (Å²) < 4.78 is 3.44. The number of halogens is 1. The van der Waals surface area contributed by atoms with Crippen molar-refractivity contribution in [1.29, 1.82) is 0 Å². The van der Waals surface area contributed by atoms with Gasteiger partial charge in [-0.25, -0.2) is 0 Å². The van der Waals surface area contributed by atoms with Crippen LogP contribution in [0.4, 0.5) is 0 Å². The maximum atomic E-state index is 4.30. The summed E-state index contributed by atoms with van der Waals surface area (Å²) in [5.41, 5.74) is 1.83. The smallest absolute Gasteiger partial charge is 0.0626 e. The van der Waals surface area contributed by atoms with E-state index < -0.39 is 0 Å². The van der Waals surface area contributed by atoms with Gasteiger partial charge in [-0.3, -0.25) is 4.68 Å². The van der Waals surface area contributed by atoms with Gasteiger partial charge in [-0.05, 0) is 34.4 Å². The van der Waals surface area contributed by atoms with Gasteiger partial charge >= 0.3 is 0 Å². The van der Waals surface area contributed by atoms with E-state index in [9.17, 15) is 0 Å². The molecule has 0 atom stereocenters. The summed E-state index contributed by atoms with van der Waals surface area (Å²) in [6.07, 6.45) is 3.12. The van der Waals surface area contributed by atoms with Gasteiger partial charge in [0.05, 0.1) is 15.5 Å². The fraction of sp³-hybridized carbons (Fsp3) is 0.625. The van der Waals surface area contributed by atoms with Crippen LogP contribution in [0.5, 0.6) is 0 Å². The van der Waals surface area contributed by atoms with Crippen LogP contribution in [0.2, 0.25) is 0 Å². The quantitative estimate of drug-likeness (QED) is 0.654. The first-order valence-electron chi connectivity index (χ1n) is 3.79. The van der Waals surface area contributed by atoms with Crippen molar-refractivity contribution in [2.75, 3.05) is 0 Å². The molecule has 0 N–H and O–H groups in total. The molecule has 0 aliphatic carbocycles. The summed E-state index contributed by atoms with van der Waals surface area (Å²) in [4.78, 5) is 0. The lowest BCUT2D eigenvalue weighted by atomic mass is 9.91. The summed E-state index contributed by atoms with van der Waals surface area (Å²) in [6, 6.07) is 0. The van der Waals surface area contributed by atoms with Gasteiger partial charge in [-0.2, -0.15) is 5.10 Å². The zero-order chi connectivity index (χ0) is 8.06. The van der Waals surface area contributed by atoms with Crippen LogP contribution in [0.3, 0.4) is 0 Å². The molecule has 2 rings (SSSR count). The molecule has 0 unspecified atom stereocenters. The van der Waals surface area contributed by atoms with Crippen molar-refractivity contribution in [3.63, 3.8) is 0 Å². The van der Waals surface area contributed by atoms with Gasteiger partial charge in [0.15, 0.2) is 0 Å². The van der Waals surface area contributed by atoms with Crippen LogP contribution in [0.1, 0.15) is 19.5 Å². The molecular formula is C8H11IN2. The van der Waals surface area contributed by atoms with E-state index in [1.54, 1.807) is 0 Å². The second kappa shape index (κ2) is 2.21. The first-order valence-corrected chi connectivity index (χ1v) is 4.87. The van der Waals surface area contributed by atoms with E-state index in [2.05, 4.69) is 46.2 Å². The lowest BCUT2D eigenvalue weighted by Gasteiger charge is -2.13. The molecule has 0 amide bonds. The molecule has 1 aromatic rings. The average molecular weight is 262 g/mol. The van der Waals surface area contributed by atoms with Crippen LogP contribution in [-0.4, -0.2) is 9.78 Å². The highest BCUT2D eigenvalue weighted by Crippen LogP contribution is 2.32. The first-order chi connectivity index (χ1) is 5.08. The van der Waals surface area contributed by atoms with Crippen molar-refractivity contribution in [1.82, 2.24) is 9.78 Å². The Morgan fingerprint density at radius 3 is 3.00 bits per heavy atom. The molecule has 2 heterocycles. The van der Waals surface area contributed by atoms with Gasteiger partial charge in [-0.1, -0.05) is 13.8 Å². The molecule has 0 saturated heterocycles. The molecule has 3 heteroatoms. The maximum absolute atomic E-state index is 4.30. The van der Waals surface area contributed by atoms with Gasteiger partial charge in [0, 0.05) is 6.54 Å². The number of nitrogens with zero attached hydrogens (tertiary/aromatic N) is 2. The number of hydrogen-bond acceptors (Lipinski definition) is 1. The highest BCUT2D eigenvalue weighted by atomic mass is 127. The van der Waals surface area contributed by atoms with E-state index in [4.69, 9.17) is 0 Å². The fourth-order valence-corrected chi connectivity index (χ4v) is 2.21. The standard InChI is InChI=1S/C8H11IN2/c1-8(2)3-7-6(9)4-10-11(7)5-8/h4H,3,5H2,1-2H3. The van der Waals surface area contributed by atoms with Crippen LogP contribution >= 0.6 is 22.6 Å².